The van der Waals surface area contributed by atoms with Crippen molar-refractivity contribution in [3.8, 4) is 0 Å². The van der Waals surface area contributed by atoms with E-state index in [0.717, 1.165) is 11.1 Å². The van der Waals surface area contributed by atoms with Gasteiger partial charge in [0.15, 0.2) is 6.61 Å². The summed E-state index contributed by atoms with van der Waals surface area (Å²) in [6.07, 6.45) is 0. The normalized spacial score (nSPS) is 10.4. The maximum absolute atomic E-state index is 12.6. The number of ketones is 1. The smallest absolute Gasteiger partial charge is 0.339 e. The van der Waals surface area contributed by atoms with Gasteiger partial charge in [-0.25, -0.2) is 4.79 Å². The number of para-hydroxylation sites is 1. The first kappa shape index (κ1) is 19.5. The van der Waals surface area contributed by atoms with Gasteiger partial charge in [-0.2, -0.15) is 0 Å². The van der Waals surface area contributed by atoms with Crippen LogP contribution in [0.5, 0.6) is 0 Å². The molecule has 0 aliphatic rings. The number of amides is 1. The van der Waals surface area contributed by atoms with Gasteiger partial charge in [0, 0.05) is 11.3 Å². The molecule has 0 spiro atoms. The van der Waals surface area contributed by atoms with Crippen molar-refractivity contribution >= 4 is 34.7 Å². The lowest BCUT2D eigenvalue weighted by molar-refractivity contribution is -0.119. The maximum atomic E-state index is 12.6. The van der Waals surface area contributed by atoms with E-state index in [1.165, 1.54) is 17.4 Å². The van der Waals surface area contributed by atoms with Crippen molar-refractivity contribution in [1.82, 2.24) is 0 Å². The number of esters is 1. The van der Waals surface area contributed by atoms with E-state index in [-0.39, 0.29) is 16.9 Å². The molecule has 0 saturated carbocycles. The number of ether oxygens (including phenoxy) is 1. The quantitative estimate of drug-likeness (QED) is 0.498. The third kappa shape index (κ3) is 4.35. The first-order valence-electron chi connectivity index (χ1n) is 8.68. The Kier molecular flexibility index (Phi) is 6.01. The Balaban J connectivity index is 1.69. The first-order valence-corrected chi connectivity index (χ1v) is 9.55. The second-order valence-electron chi connectivity index (χ2n) is 6.24. The Morgan fingerprint density at radius 2 is 1.57 bits per heavy atom. The lowest BCUT2D eigenvalue weighted by Gasteiger charge is -2.12. The van der Waals surface area contributed by atoms with Crippen LogP contribution in [0.2, 0.25) is 0 Å². The van der Waals surface area contributed by atoms with Crippen LogP contribution in [0.1, 0.15) is 36.7 Å². The number of thiophene rings is 1. The van der Waals surface area contributed by atoms with E-state index in [1.807, 2.05) is 32.0 Å². The van der Waals surface area contributed by atoms with E-state index in [4.69, 9.17) is 4.74 Å². The highest BCUT2D eigenvalue weighted by Crippen LogP contribution is 2.20. The topological polar surface area (TPSA) is 72.5 Å². The summed E-state index contributed by atoms with van der Waals surface area (Å²) in [6.45, 7) is 3.34. The largest absolute Gasteiger partial charge is 0.452 e. The monoisotopic (exact) mass is 393 g/mol. The Labute approximate surface area is 167 Å². The van der Waals surface area contributed by atoms with E-state index < -0.39 is 18.5 Å². The van der Waals surface area contributed by atoms with Gasteiger partial charge >= 0.3 is 5.97 Å². The predicted octanol–water partition coefficient (Wildman–Crippen LogP) is 4.39. The minimum absolute atomic E-state index is 0.140. The standard InChI is InChI=1S/C22H19NO4S/c1-14-7-5-8-15(2)20(14)23-19(24)13-27-22(26)17-10-4-3-9-16(17)21(25)18-11-6-12-28-18/h3-12H,13H2,1-2H3,(H,23,24). The summed E-state index contributed by atoms with van der Waals surface area (Å²) in [5.41, 5.74) is 2.95. The highest BCUT2D eigenvalue weighted by Gasteiger charge is 2.20. The molecule has 1 heterocycles. The van der Waals surface area contributed by atoms with Crippen LogP contribution in [0.25, 0.3) is 0 Å². The van der Waals surface area contributed by atoms with E-state index in [9.17, 15) is 14.4 Å². The molecule has 0 radical (unpaired) electrons. The van der Waals surface area contributed by atoms with E-state index in [1.54, 1.807) is 35.7 Å². The summed E-state index contributed by atoms with van der Waals surface area (Å²) < 4.78 is 5.15. The lowest BCUT2D eigenvalue weighted by Crippen LogP contribution is -2.22. The molecule has 3 aromatic rings. The Bertz CT molecular complexity index is 1000. The van der Waals surface area contributed by atoms with Gasteiger partial charge in [0.2, 0.25) is 5.78 Å². The van der Waals surface area contributed by atoms with Gasteiger partial charge < -0.3 is 10.1 Å². The van der Waals surface area contributed by atoms with E-state index >= 15 is 0 Å². The molecular weight excluding hydrogens is 374 g/mol. The van der Waals surface area contributed by atoms with Crippen LogP contribution in [0.15, 0.2) is 60.0 Å². The van der Waals surface area contributed by atoms with E-state index in [2.05, 4.69) is 5.32 Å². The number of aryl methyl sites for hydroxylation is 2. The second kappa shape index (κ2) is 8.63. The minimum atomic E-state index is -0.711. The number of carbonyl (C=O) groups excluding carboxylic acids is 3. The predicted molar refractivity (Wildman–Crippen MR) is 109 cm³/mol. The van der Waals surface area contributed by atoms with Gasteiger partial charge in [-0.05, 0) is 42.5 Å². The fourth-order valence-corrected chi connectivity index (χ4v) is 3.47. The van der Waals surface area contributed by atoms with Crippen molar-refractivity contribution < 1.29 is 19.1 Å². The highest BCUT2D eigenvalue weighted by molar-refractivity contribution is 7.12. The Morgan fingerprint density at radius 3 is 2.21 bits per heavy atom. The molecule has 0 bridgehead atoms. The SMILES string of the molecule is Cc1cccc(C)c1NC(=O)COC(=O)c1ccccc1C(=O)c1cccs1. The van der Waals surface area contributed by atoms with Crippen LogP contribution in [0, 0.1) is 13.8 Å². The Morgan fingerprint density at radius 1 is 0.893 bits per heavy atom. The van der Waals surface area contributed by atoms with Crippen LogP contribution in [0.3, 0.4) is 0 Å². The van der Waals surface area contributed by atoms with Crippen LogP contribution in [-0.2, 0) is 9.53 Å². The molecule has 0 saturated heterocycles. The average molecular weight is 393 g/mol. The molecule has 0 unspecified atom stereocenters. The molecular formula is C22H19NO4S. The van der Waals surface area contributed by atoms with Crippen molar-refractivity contribution in [2.45, 2.75) is 13.8 Å². The van der Waals surface area contributed by atoms with Gasteiger partial charge in [-0.15, -0.1) is 11.3 Å². The van der Waals surface area contributed by atoms with Crippen molar-refractivity contribution in [2.75, 3.05) is 11.9 Å². The fourth-order valence-electron chi connectivity index (χ4n) is 2.80. The molecule has 5 nitrogen and oxygen atoms in total. The zero-order valence-electron chi connectivity index (χ0n) is 15.5. The summed E-state index contributed by atoms with van der Waals surface area (Å²) in [4.78, 5) is 37.8. The molecule has 1 aromatic heterocycles. The molecule has 142 valence electrons. The van der Waals surface area contributed by atoms with Crippen molar-refractivity contribution in [2.24, 2.45) is 0 Å². The van der Waals surface area contributed by atoms with Crippen molar-refractivity contribution in [3.63, 3.8) is 0 Å². The average Bonchev–Trinajstić information content (AvgIpc) is 3.23. The first-order chi connectivity index (χ1) is 13.5. The number of hydrogen-bond acceptors (Lipinski definition) is 5. The molecule has 0 atom stereocenters. The van der Waals surface area contributed by atoms with E-state index in [0.29, 0.717) is 10.6 Å². The third-order valence-electron chi connectivity index (χ3n) is 4.22. The van der Waals surface area contributed by atoms with Crippen molar-refractivity contribution in [1.29, 1.82) is 0 Å². The lowest BCUT2D eigenvalue weighted by atomic mass is 10.0. The van der Waals surface area contributed by atoms with Crippen molar-refractivity contribution in [3.05, 3.63) is 87.1 Å². The van der Waals surface area contributed by atoms with Gasteiger partial charge in [-0.3, -0.25) is 9.59 Å². The summed E-state index contributed by atoms with van der Waals surface area (Å²) in [5, 5.41) is 4.56. The number of anilines is 1. The summed E-state index contributed by atoms with van der Waals surface area (Å²) in [6, 6.07) is 15.6. The molecule has 2 aromatic carbocycles. The molecule has 0 aliphatic carbocycles. The number of rotatable bonds is 6. The molecule has 28 heavy (non-hydrogen) atoms. The molecule has 0 aliphatic heterocycles. The van der Waals surface area contributed by atoms with Crippen LogP contribution in [0.4, 0.5) is 5.69 Å². The maximum Gasteiger partial charge on any atom is 0.339 e. The second-order valence-corrected chi connectivity index (χ2v) is 7.19. The van der Waals surface area contributed by atoms with Gasteiger partial charge in [-0.1, -0.05) is 42.5 Å². The van der Waals surface area contributed by atoms with Crippen LogP contribution < -0.4 is 5.32 Å². The number of nitrogens with one attached hydrogen (secondary N) is 1. The zero-order valence-corrected chi connectivity index (χ0v) is 16.3. The Hall–Kier alpha value is -3.25. The molecule has 0 fully saturated rings. The minimum Gasteiger partial charge on any atom is -0.452 e. The van der Waals surface area contributed by atoms with Crippen LogP contribution in [-0.4, -0.2) is 24.3 Å². The van der Waals surface area contributed by atoms with Gasteiger partial charge in [0.05, 0.1) is 10.4 Å². The van der Waals surface area contributed by atoms with Gasteiger partial charge in [0.25, 0.3) is 5.91 Å². The molecule has 3 rings (SSSR count). The number of benzene rings is 2. The highest BCUT2D eigenvalue weighted by atomic mass is 32.1. The molecule has 1 amide bonds. The number of carbonyl (C=O) groups is 3. The third-order valence-corrected chi connectivity index (χ3v) is 5.09. The number of hydrogen-bond donors (Lipinski definition) is 1. The summed E-state index contributed by atoms with van der Waals surface area (Å²) in [5.74, 6) is -1.40. The summed E-state index contributed by atoms with van der Waals surface area (Å²) >= 11 is 1.30. The van der Waals surface area contributed by atoms with Crippen LogP contribution >= 0.6 is 11.3 Å². The summed E-state index contributed by atoms with van der Waals surface area (Å²) in [7, 11) is 0. The molecule has 1 N–H and O–H groups in total. The zero-order chi connectivity index (χ0) is 20.1. The van der Waals surface area contributed by atoms with Gasteiger partial charge in [0.1, 0.15) is 0 Å². The fraction of sp³-hybridized carbons (Fsp3) is 0.136. The molecule has 6 heteroatoms.